The van der Waals surface area contributed by atoms with Gasteiger partial charge in [-0.15, -0.1) is 0 Å². The highest BCUT2D eigenvalue weighted by atomic mass is 19.1. The van der Waals surface area contributed by atoms with Crippen molar-refractivity contribution in [1.82, 2.24) is 10.3 Å². The lowest BCUT2D eigenvalue weighted by Crippen LogP contribution is -2.38. The Hall–Kier alpha value is -4.11. The van der Waals surface area contributed by atoms with Gasteiger partial charge in [0.15, 0.2) is 0 Å². The fourth-order valence-corrected chi connectivity index (χ4v) is 3.58. The van der Waals surface area contributed by atoms with Crippen LogP contribution in [-0.4, -0.2) is 41.5 Å². The minimum Gasteiger partial charge on any atom is -0.495 e. The minimum atomic E-state index is -0.768. The van der Waals surface area contributed by atoms with Crippen molar-refractivity contribution in [1.29, 1.82) is 5.41 Å². The number of aliphatic hydroxyl groups excluding tert-OH is 1. The molecule has 0 aliphatic carbocycles. The van der Waals surface area contributed by atoms with Crippen LogP contribution < -0.4 is 15.8 Å². The SMILES string of the molecule is COc1cccnc1C[C@@H](CCO)NC(=O)c1cccc(F)c1C(=N)/C=C(\N)c1ccc(F)cc1. The Balaban J connectivity index is 1.87. The molecule has 3 rings (SSSR count). The van der Waals surface area contributed by atoms with Gasteiger partial charge in [-0.1, -0.05) is 18.2 Å². The zero-order chi connectivity index (χ0) is 25.4. The number of benzene rings is 2. The molecule has 1 atom stereocenters. The first-order chi connectivity index (χ1) is 16.8. The van der Waals surface area contributed by atoms with Gasteiger partial charge in [-0.3, -0.25) is 9.78 Å². The van der Waals surface area contributed by atoms with E-state index in [0.29, 0.717) is 17.0 Å². The van der Waals surface area contributed by atoms with E-state index in [4.69, 9.17) is 15.9 Å². The number of hydrogen-bond acceptors (Lipinski definition) is 6. The molecule has 0 fully saturated rings. The average molecular weight is 481 g/mol. The van der Waals surface area contributed by atoms with Crippen LogP contribution in [0.3, 0.4) is 0 Å². The third-order valence-electron chi connectivity index (χ3n) is 5.33. The summed E-state index contributed by atoms with van der Waals surface area (Å²) in [6.45, 7) is -0.192. The summed E-state index contributed by atoms with van der Waals surface area (Å²) in [6, 6.07) is 12.2. The quantitative estimate of drug-likeness (QED) is 0.331. The summed E-state index contributed by atoms with van der Waals surface area (Å²) in [4.78, 5) is 17.4. The Morgan fingerprint density at radius 3 is 2.63 bits per heavy atom. The number of nitrogens with one attached hydrogen (secondary N) is 2. The second-order valence-corrected chi connectivity index (χ2v) is 7.72. The summed E-state index contributed by atoms with van der Waals surface area (Å²) in [7, 11) is 1.51. The van der Waals surface area contributed by atoms with Crippen LogP contribution in [0.4, 0.5) is 8.78 Å². The molecule has 3 aromatic rings. The second-order valence-electron chi connectivity index (χ2n) is 7.72. The molecular weight excluding hydrogens is 454 g/mol. The van der Waals surface area contributed by atoms with Gasteiger partial charge >= 0.3 is 0 Å². The van der Waals surface area contributed by atoms with Crippen molar-refractivity contribution in [2.24, 2.45) is 5.73 Å². The summed E-state index contributed by atoms with van der Waals surface area (Å²) in [5.74, 6) is -1.29. The number of hydrogen-bond donors (Lipinski definition) is 4. The summed E-state index contributed by atoms with van der Waals surface area (Å²) in [5, 5.41) is 20.7. The minimum absolute atomic E-state index is 0.0610. The smallest absolute Gasteiger partial charge is 0.252 e. The Morgan fingerprint density at radius 2 is 1.94 bits per heavy atom. The lowest BCUT2D eigenvalue weighted by atomic mass is 9.98. The van der Waals surface area contributed by atoms with Crippen LogP contribution in [0, 0.1) is 17.0 Å². The van der Waals surface area contributed by atoms with Gasteiger partial charge in [0.2, 0.25) is 0 Å². The number of carbonyl (C=O) groups excluding carboxylic acids is 1. The summed E-state index contributed by atoms with van der Waals surface area (Å²) >= 11 is 0. The first-order valence-corrected chi connectivity index (χ1v) is 10.8. The third kappa shape index (κ3) is 6.48. The number of aromatic nitrogens is 1. The molecule has 182 valence electrons. The van der Waals surface area contributed by atoms with Crippen LogP contribution in [0.25, 0.3) is 5.70 Å². The van der Waals surface area contributed by atoms with Crippen molar-refractivity contribution >= 4 is 17.3 Å². The molecule has 1 heterocycles. The molecule has 0 saturated carbocycles. The van der Waals surface area contributed by atoms with Crippen LogP contribution in [0.5, 0.6) is 5.75 Å². The number of methoxy groups -OCH3 is 1. The molecular formula is C26H26F2N4O3. The predicted octanol–water partition coefficient (Wildman–Crippen LogP) is 3.46. The van der Waals surface area contributed by atoms with Gasteiger partial charge < -0.3 is 26.3 Å². The van der Waals surface area contributed by atoms with Crippen LogP contribution in [-0.2, 0) is 6.42 Å². The number of halogens is 2. The van der Waals surface area contributed by atoms with E-state index >= 15 is 0 Å². The number of allylic oxidation sites excluding steroid dienone is 1. The Bertz CT molecular complexity index is 1230. The van der Waals surface area contributed by atoms with Gasteiger partial charge in [-0.05, 0) is 54.5 Å². The third-order valence-corrected chi connectivity index (χ3v) is 5.33. The molecule has 0 radical (unpaired) electrons. The fourth-order valence-electron chi connectivity index (χ4n) is 3.58. The first-order valence-electron chi connectivity index (χ1n) is 10.8. The highest BCUT2D eigenvalue weighted by Crippen LogP contribution is 2.20. The standard InChI is InChI=1S/C26H26F2N4O3/c1-35-24-6-3-12-31-23(24)14-18(11-13-33)32-26(34)19-4-2-5-20(28)25(19)22(30)15-21(29)16-7-9-17(27)10-8-16/h2-10,12,15,18,30,33H,11,13-14,29H2,1H3,(H,32,34)/b21-15-,30-22?/t18-/m1/s1. The maximum atomic E-state index is 14.8. The molecule has 7 nitrogen and oxygen atoms in total. The maximum absolute atomic E-state index is 14.8. The number of ether oxygens (including phenoxy) is 1. The Kier molecular flexibility index (Phi) is 8.63. The normalized spacial score (nSPS) is 12.2. The number of aliphatic hydroxyl groups is 1. The highest BCUT2D eigenvalue weighted by molar-refractivity contribution is 6.16. The van der Waals surface area contributed by atoms with E-state index in [-0.39, 0.29) is 42.0 Å². The van der Waals surface area contributed by atoms with Crippen molar-refractivity contribution in [2.45, 2.75) is 18.9 Å². The molecule has 9 heteroatoms. The highest BCUT2D eigenvalue weighted by Gasteiger charge is 2.22. The van der Waals surface area contributed by atoms with Crippen molar-refractivity contribution < 1.29 is 23.4 Å². The lowest BCUT2D eigenvalue weighted by molar-refractivity contribution is 0.0929. The van der Waals surface area contributed by atoms with Gasteiger partial charge in [0.1, 0.15) is 17.4 Å². The number of nitrogens with two attached hydrogens (primary N) is 1. The van der Waals surface area contributed by atoms with E-state index in [2.05, 4.69) is 10.3 Å². The van der Waals surface area contributed by atoms with Gasteiger partial charge in [-0.25, -0.2) is 8.78 Å². The lowest BCUT2D eigenvalue weighted by Gasteiger charge is -2.20. The molecule has 1 aromatic heterocycles. The van der Waals surface area contributed by atoms with Crippen LogP contribution in [0.1, 0.15) is 33.6 Å². The molecule has 35 heavy (non-hydrogen) atoms. The molecule has 0 aliphatic rings. The molecule has 0 spiro atoms. The van der Waals surface area contributed by atoms with Crippen molar-refractivity contribution in [3.63, 3.8) is 0 Å². The molecule has 0 saturated heterocycles. The fraction of sp³-hybridized carbons (Fsp3) is 0.192. The zero-order valence-corrected chi connectivity index (χ0v) is 19.1. The molecule has 1 amide bonds. The van der Waals surface area contributed by atoms with E-state index in [1.165, 1.54) is 49.6 Å². The van der Waals surface area contributed by atoms with Gasteiger partial charge in [0.25, 0.3) is 5.91 Å². The van der Waals surface area contributed by atoms with Crippen molar-refractivity contribution in [2.75, 3.05) is 13.7 Å². The first kappa shape index (κ1) is 25.5. The second kappa shape index (κ2) is 11.8. The summed E-state index contributed by atoms with van der Waals surface area (Å²) < 4.78 is 33.3. The summed E-state index contributed by atoms with van der Waals surface area (Å²) in [6.07, 6.45) is 3.31. The topological polar surface area (TPSA) is 121 Å². The van der Waals surface area contributed by atoms with Gasteiger partial charge in [0, 0.05) is 36.5 Å². The number of carbonyl (C=O) groups is 1. The van der Waals surface area contributed by atoms with Crippen molar-refractivity contribution in [3.8, 4) is 5.75 Å². The number of rotatable bonds is 10. The van der Waals surface area contributed by atoms with E-state index in [9.17, 15) is 18.7 Å². The Labute approximate surface area is 201 Å². The van der Waals surface area contributed by atoms with Crippen LogP contribution in [0.15, 0.2) is 66.9 Å². The van der Waals surface area contributed by atoms with E-state index in [1.807, 2.05) is 0 Å². The maximum Gasteiger partial charge on any atom is 0.252 e. The molecule has 0 aliphatic heterocycles. The van der Waals surface area contributed by atoms with Crippen LogP contribution in [0.2, 0.25) is 0 Å². The van der Waals surface area contributed by atoms with E-state index in [1.54, 1.807) is 18.3 Å². The predicted molar refractivity (Wildman–Crippen MR) is 129 cm³/mol. The molecule has 0 unspecified atom stereocenters. The van der Waals surface area contributed by atoms with Crippen LogP contribution >= 0.6 is 0 Å². The average Bonchev–Trinajstić information content (AvgIpc) is 2.84. The van der Waals surface area contributed by atoms with E-state index in [0.717, 1.165) is 6.07 Å². The number of nitrogens with zero attached hydrogens (tertiary/aromatic N) is 1. The largest absolute Gasteiger partial charge is 0.495 e. The summed E-state index contributed by atoms with van der Waals surface area (Å²) in [5.41, 5.74) is 6.57. The van der Waals surface area contributed by atoms with Gasteiger partial charge in [0.05, 0.1) is 24.1 Å². The zero-order valence-electron chi connectivity index (χ0n) is 19.1. The van der Waals surface area contributed by atoms with Gasteiger partial charge in [-0.2, -0.15) is 0 Å². The molecule has 5 N–H and O–H groups in total. The van der Waals surface area contributed by atoms with Crippen molar-refractivity contribution in [3.05, 3.63) is 101 Å². The van der Waals surface area contributed by atoms with E-state index < -0.39 is 23.6 Å². The number of amides is 1. The number of pyridine rings is 1. The monoisotopic (exact) mass is 480 g/mol. The Morgan fingerprint density at radius 1 is 1.20 bits per heavy atom. The molecule has 0 bridgehead atoms. The molecule has 2 aromatic carbocycles.